The number of aliphatic carboxylic acids is 1. The molecule has 1 aromatic carbocycles. The maximum Gasteiger partial charge on any atom is 0.377 e. The van der Waals surface area contributed by atoms with Gasteiger partial charge in [0.15, 0.2) is 11.6 Å². The van der Waals surface area contributed by atoms with Crippen molar-refractivity contribution in [2.24, 2.45) is 0 Å². The van der Waals surface area contributed by atoms with Crippen LogP contribution in [0.15, 0.2) is 16.6 Å². The molecule has 0 bridgehead atoms. The van der Waals surface area contributed by atoms with Gasteiger partial charge in [0.1, 0.15) is 0 Å². The summed E-state index contributed by atoms with van der Waals surface area (Å²) in [6.07, 6.45) is 0. The first-order valence-electron chi connectivity index (χ1n) is 3.39. The molecule has 0 saturated carbocycles. The lowest BCUT2D eigenvalue weighted by Crippen LogP contribution is -2.14. The summed E-state index contributed by atoms with van der Waals surface area (Å²) in [5.41, 5.74) is -0.586. The minimum atomic E-state index is -1.76. The van der Waals surface area contributed by atoms with Gasteiger partial charge in [-0.15, -0.1) is 0 Å². The number of carboxylic acids is 1. The van der Waals surface area contributed by atoms with E-state index in [0.717, 1.165) is 12.1 Å². The highest BCUT2D eigenvalue weighted by Gasteiger charge is 2.23. The number of aromatic hydroxyl groups is 1. The molecule has 4 nitrogen and oxygen atoms in total. The lowest BCUT2D eigenvalue weighted by atomic mass is 10.1. The normalized spacial score (nSPS) is 9.86. The van der Waals surface area contributed by atoms with Gasteiger partial charge in [-0.3, -0.25) is 4.79 Å². The zero-order chi connectivity index (χ0) is 10.9. The molecular formula is C8H4BrFO4. The predicted octanol–water partition coefficient (Wildman–Crippen LogP) is 1.56. The second-order valence-corrected chi connectivity index (χ2v) is 3.24. The summed E-state index contributed by atoms with van der Waals surface area (Å²) < 4.78 is 12.8. The van der Waals surface area contributed by atoms with E-state index in [2.05, 4.69) is 15.9 Å². The highest BCUT2D eigenvalue weighted by atomic mass is 79.9. The zero-order valence-corrected chi connectivity index (χ0v) is 8.21. The van der Waals surface area contributed by atoms with Gasteiger partial charge < -0.3 is 10.2 Å². The van der Waals surface area contributed by atoms with E-state index in [4.69, 9.17) is 10.2 Å². The van der Waals surface area contributed by atoms with Gasteiger partial charge in [-0.25, -0.2) is 9.18 Å². The summed E-state index contributed by atoms with van der Waals surface area (Å²) in [4.78, 5) is 21.3. The number of phenolic OH excluding ortho intramolecular Hbond substituents is 1. The molecule has 0 spiro atoms. The minimum absolute atomic E-state index is 0.0313. The third-order valence-electron chi connectivity index (χ3n) is 1.50. The molecule has 2 N–H and O–H groups in total. The van der Waals surface area contributed by atoms with Gasteiger partial charge in [-0.05, 0) is 28.1 Å². The molecule has 0 aliphatic heterocycles. The van der Waals surface area contributed by atoms with Crippen LogP contribution in [0.3, 0.4) is 0 Å². The van der Waals surface area contributed by atoms with Gasteiger partial charge in [0.05, 0.1) is 5.56 Å². The number of rotatable bonds is 2. The van der Waals surface area contributed by atoms with Crippen molar-refractivity contribution < 1.29 is 24.2 Å². The number of benzene rings is 1. The maximum absolute atomic E-state index is 12.8. The number of carbonyl (C=O) groups excluding carboxylic acids is 1. The molecule has 0 radical (unpaired) electrons. The minimum Gasteiger partial charge on any atom is -0.504 e. The molecular weight excluding hydrogens is 259 g/mol. The Morgan fingerprint density at radius 1 is 1.36 bits per heavy atom. The highest BCUT2D eigenvalue weighted by molar-refractivity contribution is 9.10. The Labute approximate surface area is 86.1 Å². The number of halogens is 2. The summed E-state index contributed by atoms with van der Waals surface area (Å²) in [5.74, 6) is -5.13. The number of carboxylic acid groups (broad SMARTS) is 1. The molecule has 0 heterocycles. The van der Waals surface area contributed by atoms with Gasteiger partial charge in [0.2, 0.25) is 0 Å². The third kappa shape index (κ3) is 1.74. The van der Waals surface area contributed by atoms with Gasteiger partial charge in [-0.1, -0.05) is 0 Å². The van der Waals surface area contributed by atoms with Gasteiger partial charge in [0, 0.05) is 4.47 Å². The first-order valence-corrected chi connectivity index (χ1v) is 4.19. The van der Waals surface area contributed by atoms with Crippen LogP contribution in [-0.4, -0.2) is 22.0 Å². The van der Waals surface area contributed by atoms with Crippen LogP contribution in [0.5, 0.6) is 5.75 Å². The maximum atomic E-state index is 12.8. The van der Waals surface area contributed by atoms with E-state index in [1.165, 1.54) is 0 Å². The third-order valence-corrected chi connectivity index (χ3v) is 2.16. The van der Waals surface area contributed by atoms with E-state index in [1.54, 1.807) is 0 Å². The fourth-order valence-electron chi connectivity index (χ4n) is 0.864. The average molecular weight is 263 g/mol. The van der Waals surface area contributed by atoms with Crippen LogP contribution in [-0.2, 0) is 4.79 Å². The smallest absolute Gasteiger partial charge is 0.377 e. The number of ketones is 1. The van der Waals surface area contributed by atoms with Crippen molar-refractivity contribution in [2.75, 3.05) is 0 Å². The first kappa shape index (κ1) is 10.6. The summed E-state index contributed by atoms with van der Waals surface area (Å²) in [6, 6.07) is 2.06. The Morgan fingerprint density at radius 3 is 2.43 bits per heavy atom. The summed E-state index contributed by atoms with van der Waals surface area (Å²) in [7, 11) is 0. The van der Waals surface area contributed by atoms with Crippen molar-refractivity contribution in [1.82, 2.24) is 0 Å². The molecule has 6 heteroatoms. The zero-order valence-electron chi connectivity index (χ0n) is 6.62. The van der Waals surface area contributed by atoms with Crippen molar-refractivity contribution in [3.63, 3.8) is 0 Å². The fraction of sp³-hybridized carbons (Fsp3) is 0. The molecule has 0 aromatic heterocycles. The molecule has 1 aromatic rings. The largest absolute Gasteiger partial charge is 0.504 e. The van der Waals surface area contributed by atoms with E-state index in [0.29, 0.717) is 0 Å². The topological polar surface area (TPSA) is 74.6 Å². The number of Topliss-reactive ketones (excluding diaryl/α,β-unsaturated/α-hetero) is 1. The number of carbonyl (C=O) groups is 2. The molecule has 14 heavy (non-hydrogen) atoms. The number of hydrogen-bond acceptors (Lipinski definition) is 3. The first-order chi connectivity index (χ1) is 6.45. The molecule has 0 fully saturated rings. The van der Waals surface area contributed by atoms with E-state index in [9.17, 15) is 14.0 Å². The number of hydrogen-bond donors (Lipinski definition) is 2. The van der Waals surface area contributed by atoms with E-state index in [-0.39, 0.29) is 4.47 Å². The lowest BCUT2D eigenvalue weighted by Gasteiger charge is -2.03. The Bertz CT molecular complexity index is 416. The second-order valence-electron chi connectivity index (χ2n) is 2.39. The monoisotopic (exact) mass is 262 g/mol. The summed E-state index contributed by atoms with van der Waals surface area (Å²) in [5, 5.41) is 17.5. The molecule has 74 valence electrons. The van der Waals surface area contributed by atoms with E-state index in [1.807, 2.05) is 0 Å². The van der Waals surface area contributed by atoms with Gasteiger partial charge in [-0.2, -0.15) is 0 Å². The van der Waals surface area contributed by atoms with E-state index >= 15 is 0 Å². The van der Waals surface area contributed by atoms with Crippen LogP contribution < -0.4 is 0 Å². The summed E-state index contributed by atoms with van der Waals surface area (Å²) in [6.45, 7) is 0. The van der Waals surface area contributed by atoms with Crippen LogP contribution in [0.4, 0.5) is 4.39 Å². The average Bonchev–Trinajstić information content (AvgIpc) is 2.12. The molecule has 0 unspecified atom stereocenters. The number of phenols is 1. The Morgan fingerprint density at radius 2 is 1.93 bits per heavy atom. The SMILES string of the molecule is O=C(O)C(=O)c1c(Br)ccc(F)c1O. The summed E-state index contributed by atoms with van der Waals surface area (Å²) >= 11 is 2.84. The molecule has 0 atom stereocenters. The van der Waals surface area contributed by atoms with Gasteiger partial charge >= 0.3 is 5.97 Å². The van der Waals surface area contributed by atoms with Crippen LogP contribution in [0.25, 0.3) is 0 Å². The molecule has 0 saturated heterocycles. The van der Waals surface area contributed by atoms with E-state index < -0.39 is 28.9 Å². The quantitative estimate of drug-likeness (QED) is 0.627. The highest BCUT2D eigenvalue weighted by Crippen LogP contribution is 2.28. The Balaban J connectivity index is 3.40. The van der Waals surface area contributed by atoms with Crippen LogP contribution >= 0.6 is 15.9 Å². The standard InChI is InChI=1S/C8H4BrFO4/c9-3-1-2-4(10)6(11)5(3)7(12)8(13)14/h1-2,11H,(H,13,14). The van der Waals surface area contributed by atoms with Crippen LogP contribution in [0.1, 0.15) is 10.4 Å². The molecule has 0 aliphatic carbocycles. The van der Waals surface area contributed by atoms with Gasteiger partial charge in [0.25, 0.3) is 5.78 Å². The van der Waals surface area contributed by atoms with Crippen molar-refractivity contribution in [1.29, 1.82) is 0 Å². The molecule has 1 rings (SSSR count). The fourth-order valence-corrected chi connectivity index (χ4v) is 1.36. The predicted molar refractivity (Wildman–Crippen MR) is 47.7 cm³/mol. The van der Waals surface area contributed by atoms with Crippen molar-refractivity contribution >= 4 is 27.7 Å². The Hall–Kier alpha value is -1.43. The van der Waals surface area contributed by atoms with Crippen LogP contribution in [0, 0.1) is 5.82 Å². The van der Waals surface area contributed by atoms with Crippen molar-refractivity contribution in [3.05, 3.63) is 28.0 Å². The van der Waals surface area contributed by atoms with Crippen molar-refractivity contribution in [3.8, 4) is 5.75 Å². The second kappa shape index (κ2) is 3.75. The molecule has 0 aliphatic rings. The van der Waals surface area contributed by atoms with Crippen molar-refractivity contribution in [2.45, 2.75) is 0 Å². The Kier molecular flexibility index (Phi) is 2.85. The lowest BCUT2D eigenvalue weighted by molar-refractivity contribution is -0.131. The molecule has 0 amide bonds. The van der Waals surface area contributed by atoms with Crippen LogP contribution in [0.2, 0.25) is 0 Å².